The molecular formula is C19H24N2O. The van der Waals surface area contributed by atoms with E-state index in [0.29, 0.717) is 13.0 Å². The minimum Gasteiger partial charge on any atom is -0.326 e. The van der Waals surface area contributed by atoms with Crippen molar-refractivity contribution in [1.82, 2.24) is 5.32 Å². The van der Waals surface area contributed by atoms with Crippen LogP contribution in [0, 0.1) is 20.8 Å². The first-order valence-corrected chi connectivity index (χ1v) is 7.67. The minimum absolute atomic E-state index is 0.0433. The fourth-order valence-electron chi connectivity index (χ4n) is 2.53. The molecule has 2 N–H and O–H groups in total. The Balaban J connectivity index is 1.74. The van der Waals surface area contributed by atoms with Crippen molar-refractivity contribution in [1.29, 1.82) is 0 Å². The number of benzene rings is 2. The fourth-order valence-corrected chi connectivity index (χ4v) is 2.53. The van der Waals surface area contributed by atoms with Gasteiger partial charge >= 0.3 is 0 Å². The molecule has 22 heavy (non-hydrogen) atoms. The lowest BCUT2D eigenvalue weighted by Gasteiger charge is -2.08. The van der Waals surface area contributed by atoms with Crippen molar-refractivity contribution in [2.75, 3.05) is 11.9 Å². The van der Waals surface area contributed by atoms with Gasteiger partial charge in [0, 0.05) is 25.2 Å². The number of hydrogen-bond donors (Lipinski definition) is 2. The summed E-state index contributed by atoms with van der Waals surface area (Å²) in [6, 6.07) is 14.5. The molecule has 2 rings (SSSR count). The van der Waals surface area contributed by atoms with Crippen LogP contribution >= 0.6 is 0 Å². The molecule has 0 bridgehead atoms. The highest BCUT2D eigenvalue weighted by Crippen LogP contribution is 2.13. The molecule has 116 valence electrons. The zero-order valence-corrected chi connectivity index (χ0v) is 13.6. The summed E-state index contributed by atoms with van der Waals surface area (Å²) in [6.07, 6.45) is 0.471. The highest BCUT2D eigenvalue weighted by molar-refractivity contribution is 5.91. The quantitative estimate of drug-likeness (QED) is 0.798. The molecule has 3 nitrogen and oxygen atoms in total. The second kappa shape index (κ2) is 7.76. The molecule has 0 fully saturated rings. The standard InChI is InChI=1S/C19H24N2O/c1-14-5-4-6-17(10-14)13-20-8-7-19(22)21-18-11-15(2)9-16(3)12-18/h4-6,9-12,20H,7-8,13H2,1-3H3,(H,21,22). The molecule has 0 saturated heterocycles. The molecule has 0 saturated carbocycles. The van der Waals surface area contributed by atoms with Crippen molar-refractivity contribution in [2.24, 2.45) is 0 Å². The predicted octanol–water partition coefficient (Wildman–Crippen LogP) is 3.73. The Kier molecular flexibility index (Phi) is 5.73. The van der Waals surface area contributed by atoms with E-state index in [1.165, 1.54) is 11.1 Å². The van der Waals surface area contributed by atoms with Gasteiger partial charge in [0.25, 0.3) is 0 Å². The lowest BCUT2D eigenvalue weighted by Crippen LogP contribution is -2.21. The Morgan fingerprint density at radius 2 is 1.68 bits per heavy atom. The SMILES string of the molecule is Cc1cccc(CNCCC(=O)Nc2cc(C)cc(C)c2)c1. The van der Waals surface area contributed by atoms with Gasteiger partial charge in [-0.3, -0.25) is 4.79 Å². The number of aryl methyl sites for hydroxylation is 3. The van der Waals surface area contributed by atoms with Gasteiger partial charge in [0.05, 0.1) is 0 Å². The molecule has 0 aliphatic heterocycles. The van der Waals surface area contributed by atoms with Crippen LogP contribution < -0.4 is 10.6 Å². The molecule has 2 aromatic rings. The van der Waals surface area contributed by atoms with Crippen molar-refractivity contribution in [3.63, 3.8) is 0 Å². The van der Waals surface area contributed by atoms with Gasteiger partial charge in [0.15, 0.2) is 0 Å². The molecule has 0 aliphatic carbocycles. The number of amides is 1. The van der Waals surface area contributed by atoms with E-state index in [2.05, 4.69) is 47.9 Å². The second-order valence-electron chi connectivity index (χ2n) is 5.84. The monoisotopic (exact) mass is 296 g/mol. The molecule has 2 aromatic carbocycles. The number of carbonyl (C=O) groups is 1. The van der Waals surface area contributed by atoms with Gasteiger partial charge in [-0.1, -0.05) is 35.9 Å². The Hall–Kier alpha value is -2.13. The summed E-state index contributed by atoms with van der Waals surface area (Å²) in [4.78, 5) is 11.9. The van der Waals surface area contributed by atoms with Gasteiger partial charge in [0.2, 0.25) is 5.91 Å². The topological polar surface area (TPSA) is 41.1 Å². The van der Waals surface area contributed by atoms with Crippen molar-refractivity contribution < 1.29 is 4.79 Å². The van der Waals surface area contributed by atoms with Crippen LogP contribution in [0.4, 0.5) is 5.69 Å². The maximum atomic E-state index is 11.9. The Labute approximate surface area is 132 Å². The van der Waals surface area contributed by atoms with Crippen molar-refractivity contribution in [3.05, 3.63) is 64.7 Å². The normalized spacial score (nSPS) is 10.5. The summed E-state index contributed by atoms with van der Waals surface area (Å²) in [6.45, 7) is 7.61. The largest absolute Gasteiger partial charge is 0.326 e. The third-order valence-corrected chi connectivity index (χ3v) is 3.45. The van der Waals surface area contributed by atoms with Crippen molar-refractivity contribution >= 4 is 11.6 Å². The molecule has 1 amide bonds. The third kappa shape index (κ3) is 5.34. The van der Waals surface area contributed by atoms with E-state index in [9.17, 15) is 4.79 Å². The van der Waals surface area contributed by atoms with E-state index < -0.39 is 0 Å². The molecule has 0 aliphatic rings. The first-order chi connectivity index (χ1) is 10.5. The van der Waals surface area contributed by atoms with E-state index in [-0.39, 0.29) is 5.91 Å². The second-order valence-corrected chi connectivity index (χ2v) is 5.84. The van der Waals surface area contributed by atoms with E-state index in [1.807, 2.05) is 26.0 Å². The van der Waals surface area contributed by atoms with E-state index >= 15 is 0 Å². The van der Waals surface area contributed by atoms with Crippen LogP contribution in [0.25, 0.3) is 0 Å². The Morgan fingerprint density at radius 3 is 2.36 bits per heavy atom. The van der Waals surface area contributed by atoms with Gasteiger partial charge in [-0.15, -0.1) is 0 Å². The van der Waals surface area contributed by atoms with E-state index in [0.717, 1.165) is 23.4 Å². The summed E-state index contributed by atoms with van der Waals surface area (Å²) < 4.78 is 0. The van der Waals surface area contributed by atoms with Crippen LogP contribution in [-0.4, -0.2) is 12.5 Å². The molecule has 0 unspecified atom stereocenters. The minimum atomic E-state index is 0.0433. The van der Waals surface area contributed by atoms with E-state index in [4.69, 9.17) is 0 Å². The number of nitrogens with one attached hydrogen (secondary N) is 2. The third-order valence-electron chi connectivity index (χ3n) is 3.45. The molecule has 0 aromatic heterocycles. The maximum Gasteiger partial charge on any atom is 0.225 e. The van der Waals surface area contributed by atoms with Gasteiger partial charge in [-0.25, -0.2) is 0 Å². The first-order valence-electron chi connectivity index (χ1n) is 7.67. The van der Waals surface area contributed by atoms with Crippen LogP contribution in [-0.2, 0) is 11.3 Å². The molecule has 3 heteroatoms. The Morgan fingerprint density at radius 1 is 0.955 bits per heavy atom. The van der Waals surface area contributed by atoms with Crippen LogP contribution in [0.5, 0.6) is 0 Å². The number of hydrogen-bond acceptors (Lipinski definition) is 2. The average molecular weight is 296 g/mol. The summed E-state index contributed by atoms with van der Waals surface area (Å²) in [5.74, 6) is 0.0433. The molecule has 0 radical (unpaired) electrons. The van der Waals surface area contributed by atoms with Crippen LogP contribution in [0.3, 0.4) is 0 Å². The summed E-state index contributed by atoms with van der Waals surface area (Å²) in [7, 11) is 0. The van der Waals surface area contributed by atoms with Crippen LogP contribution in [0.15, 0.2) is 42.5 Å². The first kappa shape index (κ1) is 16.2. The number of rotatable bonds is 6. The van der Waals surface area contributed by atoms with Gasteiger partial charge in [-0.2, -0.15) is 0 Å². The van der Waals surface area contributed by atoms with Gasteiger partial charge in [-0.05, 0) is 49.6 Å². The molecule has 0 spiro atoms. The van der Waals surface area contributed by atoms with Crippen LogP contribution in [0.2, 0.25) is 0 Å². The lowest BCUT2D eigenvalue weighted by atomic mass is 10.1. The smallest absolute Gasteiger partial charge is 0.225 e. The maximum absolute atomic E-state index is 11.9. The van der Waals surface area contributed by atoms with Crippen molar-refractivity contribution in [2.45, 2.75) is 33.7 Å². The predicted molar refractivity (Wildman–Crippen MR) is 92.0 cm³/mol. The van der Waals surface area contributed by atoms with Gasteiger partial charge < -0.3 is 10.6 Å². The fraction of sp³-hybridized carbons (Fsp3) is 0.316. The number of anilines is 1. The van der Waals surface area contributed by atoms with Crippen LogP contribution in [0.1, 0.15) is 28.7 Å². The average Bonchev–Trinajstić information content (AvgIpc) is 2.42. The van der Waals surface area contributed by atoms with Crippen molar-refractivity contribution in [3.8, 4) is 0 Å². The molecule has 0 heterocycles. The summed E-state index contributed by atoms with van der Waals surface area (Å²) in [5.41, 5.74) is 5.70. The van der Waals surface area contributed by atoms with Gasteiger partial charge in [0.1, 0.15) is 0 Å². The number of carbonyl (C=O) groups excluding carboxylic acids is 1. The highest BCUT2D eigenvalue weighted by Gasteiger charge is 2.03. The molecular weight excluding hydrogens is 272 g/mol. The Bertz CT molecular complexity index is 629. The zero-order chi connectivity index (χ0) is 15.9. The lowest BCUT2D eigenvalue weighted by molar-refractivity contribution is -0.116. The summed E-state index contributed by atoms with van der Waals surface area (Å²) >= 11 is 0. The summed E-state index contributed by atoms with van der Waals surface area (Å²) in [5, 5.41) is 6.26. The highest BCUT2D eigenvalue weighted by atomic mass is 16.1. The van der Waals surface area contributed by atoms with E-state index in [1.54, 1.807) is 0 Å². The molecule has 0 atom stereocenters. The zero-order valence-electron chi connectivity index (χ0n) is 13.6.